The zero-order valence-electron chi connectivity index (χ0n) is 18.6. The normalized spacial score (nSPS) is 10.9. The molecule has 0 atom stereocenters. The van der Waals surface area contributed by atoms with E-state index in [0.29, 0.717) is 34.0 Å². The van der Waals surface area contributed by atoms with Crippen LogP contribution in [0.5, 0.6) is 5.88 Å². The summed E-state index contributed by atoms with van der Waals surface area (Å²) in [6.07, 6.45) is 5.46. The first-order chi connectivity index (χ1) is 16.0. The Kier molecular flexibility index (Phi) is 6.43. The Balaban J connectivity index is 1.65. The number of methoxy groups -OCH3 is 1. The first-order valence-corrected chi connectivity index (χ1v) is 10.6. The average molecular weight is 449 g/mol. The van der Waals surface area contributed by atoms with E-state index in [2.05, 4.69) is 42.1 Å². The van der Waals surface area contributed by atoms with Gasteiger partial charge in [0.1, 0.15) is 23.6 Å². The molecule has 0 saturated heterocycles. The Morgan fingerprint density at radius 2 is 2.00 bits per heavy atom. The third-order valence-electron chi connectivity index (χ3n) is 5.18. The van der Waals surface area contributed by atoms with Crippen molar-refractivity contribution in [2.75, 3.05) is 30.4 Å². The van der Waals surface area contributed by atoms with E-state index >= 15 is 0 Å². The van der Waals surface area contributed by atoms with Gasteiger partial charge in [-0.3, -0.25) is 4.79 Å². The van der Waals surface area contributed by atoms with Gasteiger partial charge in [-0.1, -0.05) is 6.92 Å². The van der Waals surface area contributed by atoms with Crippen LogP contribution in [0.2, 0.25) is 0 Å². The summed E-state index contributed by atoms with van der Waals surface area (Å²) in [7, 11) is 1.52. The molecule has 2 N–H and O–H groups in total. The number of hydrogen-bond acceptors (Lipinski definition) is 8. The first-order valence-electron chi connectivity index (χ1n) is 10.6. The van der Waals surface area contributed by atoms with Gasteiger partial charge in [0.25, 0.3) is 0 Å². The predicted octanol–water partition coefficient (Wildman–Crippen LogP) is 4.11. The molecule has 10 heteroatoms. The van der Waals surface area contributed by atoms with Crippen molar-refractivity contribution in [3.63, 3.8) is 0 Å². The zero-order chi connectivity index (χ0) is 23.4. The Hall–Kier alpha value is -4.08. The van der Waals surface area contributed by atoms with Gasteiger partial charge in [-0.2, -0.15) is 4.39 Å². The smallest absolute Gasteiger partial charge is 0.226 e. The van der Waals surface area contributed by atoms with Gasteiger partial charge >= 0.3 is 0 Å². The van der Waals surface area contributed by atoms with Crippen LogP contribution in [-0.4, -0.2) is 50.9 Å². The number of aromatic amines is 1. The number of hydrogen-bond donors (Lipinski definition) is 2. The summed E-state index contributed by atoms with van der Waals surface area (Å²) in [5.74, 6) is -0.0115. The van der Waals surface area contributed by atoms with Crippen LogP contribution in [0.1, 0.15) is 36.2 Å². The van der Waals surface area contributed by atoms with E-state index in [-0.39, 0.29) is 11.4 Å². The summed E-state index contributed by atoms with van der Waals surface area (Å²) in [4.78, 5) is 35.0. The van der Waals surface area contributed by atoms with Gasteiger partial charge in [-0.05, 0) is 31.5 Å². The Morgan fingerprint density at radius 3 is 2.67 bits per heavy atom. The van der Waals surface area contributed by atoms with E-state index < -0.39 is 11.7 Å². The first kappa shape index (κ1) is 22.1. The van der Waals surface area contributed by atoms with E-state index in [0.717, 1.165) is 19.5 Å². The van der Waals surface area contributed by atoms with Crippen molar-refractivity contribution in [2.45, 2.75) is 20.3 Å². The summed E-state index contributed by atoms with van der Waals surface area (Å²) in [5.41, 5.74) is 1.30. The summed E-state index contributed by atoms with van der Waals surface area (Å²) < 4.78 is 19.9. The number of carbonyl (C=O) groups excluding carboxylic acids is 1. The van der Waals surface area contributed by atoms with Crippen molar-refractivity contribution in [1.82, 2.24) is 24.9 Å². The second-order valence-corrected chi connectivity index (χ2v) is 7.28. The van der Waals surface area contributed by atoms with Crippen LogP contribution in [0.15, 0.2) is 43.0 Å². The van der Waals surface area contributed by atoms with Crippen LogP contribution in [0, 0.1) is 5.95 Å². The highest BCUT2D eigenvalue weighted by Crippen LogP contribution is 2.29. The highest BCUT2D eigenvalue weighted by atomic mass is 19.1. The molecule has 0 spiro atoms. The van der Waals surface area contributed by atoms with Gasteiger partial charge in [-0.25, -0.2) is 19.9 Å². The fourth-order valence-corrected chi connectivity index (χ4v) is 3.59. The lowest BCUT2D eigenvalue weighted by molar-refractivity contribution is 0.103. The lowest BCUT2D eigenvalue weighted by Gasteiger charge is -2.22. The highest BCUT2D eigenvalue weighted by Gasteiger charge is 2.23. The summed E-state index contributed by atoms with van der Waals surface area (Å²) >= 11 is 0. The van der Waals surface area contributed by atoms with Gasteiger partial charge in [0.2, 0.25) is 11.8 Å². The van der Waals surface area contributed by atoms with Crippen LogP contribution in [0.25, 0.3) is 11.0 Å². The van der Waals surface area contributed by atoms with E-state index in [9.17, 15) is 9.18 Å². The number of rotatable bonds is 9. The standard InChI is InChI=1S/C23H24FN7O2/c1-4-10-31(5-2)23-19-16(12-26-22(19)27-13-28-23)20(32)15-7-8-17(30-21(15)24)29-14-6-9-18(33-3)25-11-14/h6-9,11-13H,4-5,10H2,1-3H3,(H,29,30)(H,26,27,28). The highest BCUT2D eigenvalue weighted by molar-refractivity contribution is 6.18. The fourth-order valence-electron chi connectivity index (χ4n) is 3.59. The van der Waals surface area contributed by atoms with Crippen molar-refractivity contribution < 1.29 is 13.9 Å². The van der Waals surface area contributed by atoms with Gasteiger partial charge in [0, 0.05) is 25.4 Å². The molecule has 0 unspecified atom stereocenters. The monoisotopic (exact) mass is 449 g/mol. The minimum absolute atomic E-state index is 0.136. The molecule has 0 aromatic carbocycles. The number of ketones is 1. The van der Waals surface area contributed by atoms with Crippen molar-refractivity contribution in [3.05, 3.63) is 60.1 Å². The Bertz CT molecular complexity index is 1270. The topological polar surface area (TPSA) is 109 Å². The molecule has 0 radical (unpaired) electrons. The number of carbonyl (C=O) groups is 1. The lowest BCUT2D eigenvalue weighted by atomic mass is 10.0. The molecule has 0 bridgehead atoms. The SMILES string of the molecule is CCCN(CC)c1ncnc2[nH]cc(C(=O)c3ccc(Nc4ccc(OC)nc4)nc3F)c12. The van der Waals surface area contributed by atoms with Crippen molar-refractivity contribution in [2.24, 2.45) is 0 Å². The number of nitrogens with one attached hydrogen (secondary N) is 2. The molecule has 0 aliphatic heterocycles. The molecule has 4 heterocycles. The largest absolute Gasteiger partial charge is 0.481 e. The zero-order valence-corrected chi connectivity index (χ0v) is 18.6. The maximum atomic E-state index is 14.9. The molecular formula is C23H24FN7O2. The van der Waals surface area contributed by atoms with Gasteiger partial charge < -0.3 is 19.9 Å². The third kappa shape index (κ3) is 4.45. The Labute approximate surface area is 190 Å². The number of nitrogens with zero attached hydrogens (tertiary/aromatic N) is 5. The summed E-state index contributed by atoms with van der Waals surface area (Å²) in [6, 6.07) is 6.36. The number of ether oxygens (including phenoxy) is 1. The number of anilines is 3. The molecule has 0 saturated carbocycles. The van der Waals surface area contributed by atoms with Crippen LogP contribution in [0.4, 0.5) is 21.7 Å². The van der Waals surface area contributed by atoms with Crippen LogP contribution in [-0.2, 0) is 0 Å². The number of aromatic nitrogens is 5. The molecule has 170 valence electrons. The van der Waals surface area contributed by atoms with Crippen LogP contribution in [0.3, 0.4) is 0 Å². The number of H-pyrrole nitrogens is 1. The minimum atomic E-state index is -0.875. The fraction of sp³-hybridized carbons (Fsp3) is 0.261. The van der Waals surface area contributed by atoms with Crippen molar-refractivity contribution in [1.29, 1.82) is 0 Å². The second kappa shape index (κ2) is 9.60. The molecule has 0 amide bonds. The molecule has 33 heavy (non-hydrogen) atoms. The van der Waals surface area contributed by atoms with Crippen molar-refractivity contribution >= 4 is 34.1 Å². The average Bonchev–Trinajstić information content (AvgIpc) is 3.27. The quantitative estimate of drug-likeness (QED) is 0.290. The predicted molar refractivity (Wildman–Crippen MR) is 124 cm³/mol. The number of halogens is 1. The van der Waals surface area contributed by atoms with Gasteiger partial charge in [0.15, 0.2) is 5.78 Å². The lowest BCUT2D eigenvalue weighted by Crippen LogP contribution is -2.25. The molecule has 4 aromatic heterocycles. The molecule has 0 fully saturated rings. The number of pyridine rings is 2. The van der Waals surface area contributed by atoms with Gasteiger partial charge in [0.05, 0.1) is 35.5 Å². The molecule has 4 rings (SSSR count). The summed E-state index contributed by atoms with van der Waals surface area (Å²) in [6.45, 7) is 5.58. The second-order valence-electron chi connectivity index (χ2n) is 7.28. The van der Waals surface area contributed by atoms with Crippen LogP contribution >= 0.6 is 0 Å². The molecular weight excluding hydrogens is 425 g/mol. The molecule has 4 aromatic rings. The number of fused-ring (bicyclic) bond motifs is 1. The van der Waals surface area contributed by atoms with Crippen LogP contribution < -0.4 is 15.0 Å². The maximum Gasteiger partial charge on any atom is 0.226 e. The molecule has 9 nitrogen and oxygen atoms in total. The molecule has 0 aliphatic carbocycles. The Morgan fingerprint density at radius 1 is 1.15 bits per heavy atom. The van der Waals surface area contributed by atoms with E-state index in [1.807, 2.05) is 6.92 Å². The van der Waals surface area contributed by atoms with E-state index in [1.54, 1.807) is 30.6 Å². The molecule has 0 aliphatic rings. The minimum Gasteiger partial charge on any atom is -0.481 e. The van der Waals surface area contributed by atoms with E-state index in [1.165, 1.54) is 19.5 Å². The summed E-state index contributed by atoms with van der Waals surface area (Å²) in [5, 5.41) is 3.53. The van der Waals surface area contributed by atoms with E-state index in [4.69, 9.17) is 4.74 Å². The van der Waals surface area contributed by atoms with Crippen molar-refractivity contribution in [3.8, 4) is 5.88 Å². The third-order valence-corrected chi connectivity index (χ3v) is 5.18. The maximum absolute atomic E-state index is 14.9. The van der Waals surface area contributed by atoms with Gasteiger partial charge in [-0.15, -0.1) is 0 Å².